The third kappa shape index (κ3) is 8.12. The van der Waals surface area contributed by atoms with Crippen molar-refractivity contribution in [1.29, 1.82) is 0 Å². The van der Waals surface area contributed by atoms with E-state index < -0.39 is 8.07 Å². The standard InChI is InChI=1S/C35H34NS.C14H16NSi.Ir/c1-21-15-22(2)34(23(3)16-21)27-11-12-29-30-5-4-6-31(35(30)37-33(29)20-27)32-19-25(13-14-36-32)18-28-17-24-7-9-26(28)10-8-24;1-16(2,3)13-9-10-14(15-11-13)12-7-5-4-6-8-12;/h4-5,11-16,19-20,24,26,28H,7-10,17-18H2,1-3H3;4-7,9-11H,1-3H3;/q2*-1;. The number of aromatic nitrogens is 2. The number of rotatable bonds is 6. The van der Waals surface area contributed by atoms with Gasteiger partial charge in [-0.25, -0.2) is 0 Å². The van der Waals surface area contributed by atoms with Gasteiger partial charge in [0.15, 0.2) is 0 Å². The minimum absolute atomic E-state index is 0. The van der Waals surface area contributed by atoms with Gasteiger partial charge in [-0.1, -0.05) is 91.5 Å². The predicted molar refractivity (Wildman–Crippen MR) is 230 cm³/mol. The molecule has 3 aromatic heterocycles. The Morgan fingerprint density at radius 3 is 2.22 bits per heavy atom. The summed E-state index contributed by atoms with van der Waals surface area (Å²) in [5, 5.41) is 4.04. The van der Waals surface area contributed by atoms with Gasteiger partial charge in [-0.05, 0) is 125 Å². The molecule has 54 heavy (non-hydrogen) atoms. The molecule has 3 aliphatic carbocycles. The van der Waals surface area contributed by atoms with Crippen molar-refractivity contribution >= 4 is 44.8 Å². The second kappa shape index (κ2) is 16.2. The van der Waals surface area contributed by atoms with Crippen LogP contribution < -0.4 is 5.19 Å². The van der Waals surface area contributed by atoms with Crippen LogP contribution in [0.2, 0.25) is 19.6 Å². The van der Waals surface area contributed by atoms with Crippen molar-refractivity contribution in [2.75, 3.05) is 0 Å². The SMILES string of the molecule is C[Si](C)(C)c1ccc(-c2[c-]cccc2)nc1.Cc1cc(C)c(-c2ccc3c(c2)sc2c(-c4cc(CC5CC6CCC5CC6)ccn4)[c-]ccc23)c(C)c1.[Ir]. The molecular weight excluding hydrogens is 869 g/mol. The van der Waals surface area contributed by atoms with Crippen LogP contribution in [-0.2, 0) is 26.5 Å². The largest absolute Gasteiger partial charge is 0.305 e. The number of benzene rings is 4. The number of hydrogen-bond acceptors (Lipinski definition) is 3. The van der Waals surface area contributed by atoms with Crippen molar-refractivity contribution in [2.24, 2.45) is 17.8 Å². The maximum atomic E-state index is 4.84. The van der Waals surface area contributed by atoms with Crippen LogP contribution in [-0.4, -0.2) is 18.0 Å². The number of nitrogens with zero attached hydrogens (tertiary/aromatic N) is 2. The zero-order chi connectivity index (χ0) is 36.7. The van der Waals surface area contributed by atoms with E-state index in [-0.39, 0.29) is 20.1 Å². The molecule has 7 aromatic rings. The van der Waals surface area contributed by atoms with E-state index in [1.807, 2.05) is 48.0 Å². The summed E-state index contributed by atoms with van der Waals surface area (Å²) in [5.41, 5.74) is 12.4. The van der Waals surface area contributed by atoms with E-state index in [1.54, 1.807) is 0 Å². The maximum Gasteiger partial charge on any atom is 0.0795 e. The van der Waals surface area contributed by atoms with E-state index in [9.17, 15) is 0 Å². The van der Waals surface area contributed by atoms with Gasteiger partial charge in [0, 0.05) is 37.2 Å². The fourth-order valence-electron chi connectivity index (χ4n) is 9.08. The van der Waals surface area contributed by atoms with E-state index in [2.05, 4.69) is 124 Å². The molecule has 10 rings (SSSR count). The van der Waals surface area contributed by atoms with E-state index in [1.165, 1.54) is 97.3 Å². The topological polar surface area (TPSA) is 25.8 Å². The van der Waals surface area contributed by atoms with Gasteiger partial charge in [0.05, 0.1) is 8.07 Å². The molecule has 3 fully saturated rings. The average Bonchev–Trinajstić information content (AvgIpc) is 3.54. The molecule has 0 aliphatic heterocycles. The summed E-state index contributed by atoms with van der Waals surface area (Å²) in [6.07, 6.45) is 12.5. The first kappa shape index (κ1) is 38.5. The summed E-state index contributed by atoms with van der Waals surface area (Å²) in [7, 11) is -1.23. The van der Waals surface area contributed by atoms with Crippen molar-refractivity contribution in [2.45, 2.75) is 78.9 Å². The molecule has 2 bridgehead atoms. The second-order valence-electron chi connectivity index (χ2n) is 16.7. The Morgan fingerprint density at radius 1 is 0.759 bits per heavy atom. The van der Waals surface area contributed by atoms with E-state index >= 15 is 0 Å². The zero-order valence-electron chi connectivity index (χ0n) is 32.4. The fourth-order valence-corrected chi connectivity index (χ4v) is 11.4. The first-order chi connectivity index (χ1) is 25.6. The first-order valence-corrected chi connectivity index (χ1v) is 23.8. The molecule has 0 N–H and O–H groups in total. The minimum Gasteiger partial charge on any atom is -0.305 e. The van der Waals surface area contributed by atoms with E-state index in [0.717, 1.165) is 40.3 Å². The van der Waals surface area contributed by atoms with Gasteiger partial charge in [0.25, 0.3) is 0 Å². The molecule has 2 nitrogen and oxygen atoms in total. The van der Waals surface area contributed by atoms with Crippen LogP contribution in [0, 0.1) is 50.7 Å². The Balaban J connectivity index is 0.000000223. The van der Waals surface area contributed by atoms with Crippen molar-refractivity contribution in [1.82, 2.24) is 9.97 Å². The van der Waals surface area contributed by atoms with E-state index in [0.29, 0.717) is 0 Å². The summed E-state index contributed by atoms with van der Waals surface area (Å²) < 4.78 is 2.63. The summed E-state index contributed by atoms with van der Waals surface area (Å²) in [6.45, 7) is 13.6. The smallest absolute Gasteiger partial charge is 0.0795 e. The van der Waals surface area contributed by atoms with Gasteiger partial charge in [0.1, 0.15) is 0 Å². The van der Waals surface area contributed by atoms with Crippen LogP contribution in [0.1, 0.15) is 54.4 Å². The number of thiophene rings is 1. The van der Waals surface area contributed by atoms with Gasteiger partial charge in [-0.2, -0.15) is 11.3 Å². The Morgan fingerprint density at radius 2 is 1.56 bits per heavy atom. The zero-order valence-corrected chi connectivity index (χ0v) is 36.6. The van der Waals surface area contributed by atoms with Crippen LogP contribution in [0.4, 0.5) is 0 Å². The van der Waals surface area contributed by atoms with Gasteiger partial charge in [-0.3, -0.25) is 0 Å². The minimum atomic E-state index is -1.23. The molecular formula is C49H50IrN2SSi-2. The normalized spacial score (nSPS) is 17.9. The Kier molecular flexibility index (Phi) is 11.5. The molecule has 0 spiro atoms. The van der Waals surface area contributed by atoms with Crippen LogP contribution in [0.25, 0.3) is 53.8 Å². The summed E-state index contributed by atoms with van der Waals surface area (Å²) in [4.78, 5) is 9.36. The van der Waals surface area contributed by atoms with Gasteiger partial charge in [0.2, 0.25) is 0 Å². The predicted octanol–water partition coefficient (Wildman–Crippen LogP) is 13.0. The van der Waals surface area contributed by atoms with Gasteiger partial charge >= 0.3 is 0 Å². The number of pyridine rings is 2. The molecule has 5 heteroatoms. The van der Waals surface area contributed by atoms with Crippen LogP contribution >= 0.6 is 11.3 Å². The fraction of sp³-hybridized carbons (Fsp3) is 0.306. The number of hydrogen-bond donors (Lipinski definition) is 0. The summed E-state index contributed by atoms with van der Waals surface area (Å²) in [5.74, 6) is 2.78. The maximum absolute atomic E-state index is 4.84. The molecule has 0 saturated heterocycles. The monoisotopic (exact) mass is 919 g/mol. The van der Waals surface area contributed by atoms with Crippen LogP contribution in [0.3, 0.4) is 0 Å². The van der Waals surface area contributed by atoms with Gasteiger partial charge < -0.3 is 9.97 Å². The molecule has 1 unspecified atom stereocenters. The molecule has 4 aromatic carbocycles. The number of fused-ring (bicyclic) bond motifs is 6. The second-order valence-corrected chi connectivity index (χ2v) is 22.8. The molecule has 3 saturated carbocycles. The molecule has 277 valence electrons. The van der Waals surface area contributed by atoms with Crippen LogP contribution in [0.15, 0.2) is 103 Å². The van der Waals surface area contributed by atoms with Gasteiger partial charge in [-0.15, -0.1) is 59.7 Å². The summed E-state index contributed by atoms with van der Waals surface area (Å²) in [6, 6.07) is 39.5. The molecule has 1 radical (unpaired) electrons. The van der Waals surface area contributed by atoms with Crippen LogP contribution in [0.5, 0.6) is 0 Å². The average molecular weight is 919 g/mol. The third-order valence-electron chi connectivity index (χ3n) is 11.8. The molecule has 0 amide bonds. The summed E-state index contributed by atoms with van der Waals surface area (Å²) >= 11 is 1.89. The third-order valence-corrected chi connectivity index (χ3v) is 15.0. The number of aryl methyl sites for hydroxylation is 3. The molecule has 1 atom stereocenters. The van der Waals surface area contributed by atoms with E-state index in [4.69, 9.17) is 4.98 Å². The quantitative estimate of drug-likeness (QED) is 0.123. The molecule has 3 heterocycles. The molecule has 3 aliphatic rings. The van der Waals surface area contributed by atoms with Crippen molar-refractivity contribution in [3.05, 3.63) is 138 Å². The Bertz CT molecular complexity index is 2360. The van der Waals surface area contributed by atoms with Crippen molar-refractivity contribution in [3.63, 3.8) is 0 Å². The first-order valence-electron chi connectivity index (χ1n) is 19.4. The van der Waals surface area contributed by atoms with Crippen molar-refractivity contribution in [3.8, 4) is 33.6 Å². The van der Waals surface area contributed by atoms with Crippen molar-refractivity contribution < 1.29 is 20.1 Å². The Labute approximate surface area is 340 Å². The Hall–Kier alpha value is -3.73.